The van der Waals surface area contributed by atoms with Gasteiger partial charge in [0.05, 0.1) is 0 Å². The monoisotopic (exact) mass is 245 g/mol. The second-order valence-corrected chi connectivity index (χ2v) is 3.76. The molecule has 0 fully saturated rings. The zero-order valence-electron chi connectivity index (χ0n) is 10.3. The summed E-state index contributed by atoms with van der Waals surface area (Å²) in [5, 5.41) is 7.38. The van der Waals surface area contributed by atoms with Crippen molar-refractivity contribution in [2.24, 2.45) is 16.5 Å². The Morgan fingerprint density at radius 3 is 2.56 bits per heavy atom. The van der Waals surface area contributed by atoms with Crippen LogP contribution in [0.4, 0.5) is 0 Å². The summed E-state index contributed by atoms with van der Waals surface area (Å²) in [5.74, 6) is 0.120. The van der Waals surface area contributed by atoms with Crippen LogP contribution in [0.3, 0.4) is 0 Å². The molecule has 18 heavy (non-hydrogen) atoms. The molecule has 5 heteroatoms. The van der Waals surface area contributed by atoms with Crippen LogP contribution in [0.5, 0.6) is 0 Å². The van der Waals surface area contributed by atoms with E-state index in [0.29, 0.717) is 13.1 Å². The van der Waals surface area contributed by atoms with Crippen LogP contribution in [0, 0.1) is 5.41 Å². The maximum absolute atomic E-state index is 7.38. The molecule has 96 valence electrons. The molecule has 5 N–H and O–H groups in total. The maximum atomic E-state index is 7.38. The molecule has 0 unspecified atom stereocenters. The van der Waals surface area contributed by atoms with Crippen LogP contribution in [0.25, 0.3) is 0 Å². The van der Waals surface area contributed by atoms with E-state index in [0.717, 1.165) is 6.42 Å². The largest absolute Gasteiger partial charge is 0.370 e. The predicted molar refractivity (Wildman–Crippen MR) is 75.5 cm³/mol. The summed E-state index contributed by atoms with van der Waals surface area (Å²) < 4.78 is 0. The van der Waals surface area contributed by atoms with Gasteiger partial charge in [0.2, 0.25) is 0 Å². The van der Waals surface area contributed by atoms with E-state index >= 15 is 0 Å². The molecular weight excluding hydrogens is 226 g/mol. The highest BCUT2D eigenvalue weighted by molar-refractivity contribution is 5.95. The van der Waals surface area contributed by atoms with Gasteiger partial charge in [-0.3, -0.25) is 15.3 Å². The number of aliphatic imine (C=N–C) groups is 1. The molecule has 0 saturated heterocycles. The van der Waals surface area contributed by atoms with Crippen molar-refractivity contribution in [3.05, 3.63) is 48.6 Å². The van der Waals surface area contributed by atoms with Crippen molar-refractivity contribution in [3.8, 4) is 0 Å². The third kappa shape index (κ3) is 4.29. The Morgan fingerprint density at radius 2 is 2.00 bits per heavy atom. The Balaban J connectivity index is 2.55. The second-order valence-electron chi connectivity index (χ2n) is 3.76. The highest BCUT2D eigenvalue weighted by Crippen LogP contribution is 1.99. The van der Waals surface area contributed by atoms with Crippen LogP contribution in [0.15, 0.2) is 48.0 Å². The zero-order valence-corrected chi connectivity index (χ0v) is 10.3. The third-order valence-electron chi connectivity index (χ3n) is 2.40. The van der Waals surface area contributed by atoms with Gasteiger partial charge in [0, 0.05) is 13.1 Å². The van der Waals surface area contributed by atoms with E-state index in [1.54, 1.807) is 6.08 Å². The standard InChI is InChI=1S/C13H19N5/c1-2-10-18(12(14)15)13(16)17-9-8-11-6-4-3-5-7-11/h2-7H,1,8-10H2,(H3,14,15)(H2,16,17). The van der Waals surface area contributed by atoms with E-state index < -0.39 is 0 Å². The summed E-state index contributed by atoms with van der Waals surface area (Å²) in [4.78, 5) is 5.61. The highest BCUT2D eigenvalue weighted by atomic mass is 15.3. The van der Waals surface area contributed by atoms with Crippen molar-refractivity contribution >= 4 is 11.9 Å². The van der Waals surface area contributed by atoms with Crippen molar-refractivity contribution in [2.45, 2.75) is 6.42 Å². The van der Waals surface area contributed by atoms with Gasteiger partial charge in [0.25, 0.3) is 0 Å². The second kappa shape index (κ2) is 7.11. The van der Waals surface area contributed by atoms with Crippen molar-refractivity contribution in [3.63, 3.8) is 0 Å². The molecule has 0 spiro atoms. The molecule has 0 bridgehead atoms. The molecule has 5 nitrogen and oxygen atoms in total. The first kappa shape index (κ1) is 13.8. The molecule has 0 aliphatic carbocycles. The smallest absolute Gasteiger partial charge is 0.198 e. The fourth-order valence-electron chi connectivity index (χ4n) is 1.47. The van der Waals surface area contributed by atoms with Gasteiger partial charge in [0.15, 0.2) is 11.9 Å². The SMILES string of the molecule is C=CCN(C(=N)N)C(N)=NCCc1ccccc1. The quantitative estimate of drug-likeness (QED) is 0.409. The van der Waals surface area contributed by atoms with Crippen molar-refractivity contribution in [1.82, 2.24) is 4.90 Å². The number of guanidine groups is 2. The first-order valence-electron chi connectivity index (χ1n) is 5.71. The molecule has 0 aromatic heterocycles. The molecule has 0 heterocycles. The first-order chi connectivity index (χ1) is 8.65. The molecule has 1 aromatic rings. The molecule has 0 aliphatic heterocycles. The van der Waals surface area contributed by atoms with Crippen LogP contribution >= 0.6 is 0 Å². The van der Waals surface area contributed by atoms with Crippen LogP contribution < -0.4 is 11.5 Å². The fraction of sp³-hybridized carbons (Fsp3) is 0.231. The zero-order chi connectivity index (χ0) is 13.4. The lowest BCUT2D eigenvalue weighted by molar-refractivity contribution is 0.651. The van der Waals surface area contributed by atoms with E-state index in [1.165, 1.54) is 10.5 Å². The topological polar surface area (TPSA) is 91.5 Å². The van der Waals surface area contributed by atoms with Gasteiger partial charge in [-0.15, -0.1) is 6.58 Å². The molecule has 1 aromatic carbocycles. The summed E-state index contributed by atoms with van der Waals surface area (Å²) in [6.45, 7) is 4.54. The minimum absolute atomic E-state index is 0.129. The van der Waals surface area contributed by atoms with Gasteiger partial charge in [-0.05, 0) is 12.0 Å². The highest BCUT2D eigenvalue weighted by Gasteiger charge is 2.08. The molecule has 0 aliphatic rings. The van der Waals surface area contributed by atoms with Crippen LogP contribution in [-0.2, 0) is 6.42 Å². The van der Waals surface area contributed by atoms with Gasteiger partial charge in [-0.2, -0.15) is 0 Å². The van der Waals surface area contributed by atoms with E-state index in [-0.39, 0.29) is 11.9 Å². The van der Waals surface area contributed by atoms with Gasteiger partial charge in [0.1, 0.15) is 0 Å². The Labute approximate surface area is 107 Å². The van der Waals surface area contributed by atoms with Gasteiger partial charge in [-0.1, -0.05) is 36.4 Å². The lowest BCUT2D eigenvalue weighted by atomic mass is 10.2. The first-order valence-corrected chi connectivity index (χ1v) is 5.71. The number of nitrogens with zero attached hydrogens (tertiary/aromatic N) is 2. The summed E-state index contributed by atoms with van der Waals surface area (Å²) in [6.07, 6.45) is 2.43. The summed E-state index contributed by atoms with van der Waals surface area (Å²) in [6, 6.07) is 10.0. The molecular formula is C13H19N5. The number of hydrogen-bond donors (Lipinski definition) is 3. The minimum Gasteiger partial charge on any atom is -0.370 e. The van der Waals surface area contributed by atoms with Gasteiger partial charge >= 0.3 is 0 Å². The van der Waals surface area contributed by atoms with Gasteiger partial charge < -0.3 is 11.5 Å². The van der Waals surface area contributed by atoms with E-state index in [1.807, 2.05) is 30.3 Å². The van der Waals surface area contributed by atoms with Crippen molar-refractivity contribution in [2.75, 3.05) is 13.1 Å². The van der Waals surface area contributed by atoms with Crippen molar-refractivity contribution in [1.29, 1.82) is 5.41 Å². The Hall–Kier alpha value is -2.30. The molecule has 1 rings (SSSR count). The summed E-state index contributed by atoms with van der Waals surface area (Å²) in [7, 11) is 0. The summed E-state index contributed by atoms with van der Waals surface area (Å²) in [5.41, 5.74) is 12.4. The van der Waals surface area contributed by atoms with E-state index in [2.05, 4.69) is 11.6 Å². The van der Waals surface area contributed by atoms with Crippen LogP contribution in [0.2, 0.25) is 0 Å². The maximum Gasteiger partial charge on any atom is 0.198 e. The number of hydrogen-bond acceptors (Lipinski definition) is 2. The third-order valence-corrected chi connectivity index (χ3v) is 2.40. The number of rotatable bonds is 5. The molecule has 0 amide bonds. The normalized spacial score (nSPS) is 11.0. The minimum atomic E-state index is -0.129. The molecule has 0 radical (unpaired) electrons. The Morgan fingerprint density at radius 1 is 1.33 bits per heavy atom. The molecule has 0 atom stereocenters. The van der Waals surface area contributed by atoms with Crippen molar-refractivity contribution < 1.29 is 0 Å². The average Bonchev–Trinajstić information content (AvgIpc) is 2.36. The van der Waals surface area contributed by atoms with E-state index in [4.69, 9.17) is 16.9 Å². The Bertz CT molecular complexity index is 424. The molecule has 0 saturated carbocycles. The number of nitrogens with one attached hydrogen (secondary N) is 1. The number of nitrogens with two attached hydrogens (primary N) is 2. The lowest BCUT2D eigenvalue weighted by Gasteiger charge is -2.19. The summed E-state index contributed by atoms with van der Waals surface area (Å²) >= 11 is 0. The Kier molecular flexibility index (Phi) is 5.44. The predicted octanol–water partition coefficient (Wildman–Crippen LogP) is 0.925. The fourth-order valence-corrected chi connectivity index (χ4v) is 1.47. The van der Waals surface area contributed by atoms with Crippen LogP contribution in [0.1, 0.15) is 5.56 Å². The number of benzene rings is 1. The lowest BCUT2D eigenvalue weighted by Crippen LogP contribution is -2.45. The van der Waals surface area contributed by atoms with Gasteiger partial charge in [-0.25, -0.2) is 0 Å². The van der Waals surface area contributed by atoms with E-state index in [9.17, 15) is 0 Å². The average molecular weight is 245 g/mol. The van der Waals surface area contributed by atoms with Crippen LogP contribution in [-0.4, -0.2) is 29.9 Å².